The Bertz CT molecular complexity index is 702. The maximum Gasteiger partial charge on any atom is 0.111 e. The second kappa shape index (κ2) is 5.31. The fraction of sp³-hybridized carbons (Fsp3) is 0.286. The number of aryl methyl sites for hydroxylation is 2. The van der Waals surface area contributed by atoms with E-state index >= 15 is 0 Å². The number of rotatable bonds is 4. The summed E-state index contributed by atoms with van der Waals surface area (Å²) >= 11 is 7.62. The van der Waals surface area contributed by atoms with E-state index in [1.165, 1.54) is 11.1 Å². The largest absolute Gasteiger partial charge is 0.323 e. The third kappa shape index (κ3) is 2.38. The minimum atomic E-state index is 0.583. The van der Waals surface area contributed by atoms with Crippen molar-refractivity contribution >= 4 is 34.0 Å². The summed E-state index contributed by atoms with van der Waals surface area (Å²) < 4.78 is 2.24. The van der Waals surface area contributed by atoms with Crippen LogP contribution in [0.1, 0.15) is 17.0 Å². The first kappa shape index (κ1) is 12.6. The molecule has 0 aliphatic heterocycles. The lowest BCUT2D eigenvalue weighted by Crippen LogP contribution is -2.06. The van der Waals surface area contributed by atoms with E-state index in [2.05, 4.69) is 32.2 Å². The Morgan fingerprint density at radius 2 is 2.26 bits per heavy atom. The van der Waals surface area contributed by atoms with Crippen molar-refractivity contribution in [2.24, 2.45) is 0 Å². The van der Waals surface area contributed by atoms with Crippen molar-refractivity contribution in [3.8, 4) is 0 Å². The summed E-state index contributed by atoms with van der Waals surface area (Å²) in [6, 6.07) is 2.02. The molecule has 0 amide bonds. The Kier molecular flexibility index (Phi) is 3.53. The number of hydrogen-bond acceptors (Lipinski definition) is 3. The van der Waals surface area contributed by atoms with Crippen LogP contribution in [0.2, 0.25) is 0 Å². The molecule has 3 rings (SSSR count). The fourth-order valence-corrected chi connectivity index (χ4v) is 3.22. The molecule has 3 nitrogen and oxygen atoms in total. The molecular formula is C14H14ClN3S. The average molecular weight is 292 g/mol. The molecule has 0 aromatic carbocycles. The minimum Gasteiger partial charge on any atom is -0.323 e. The monoisotopic (exact) mass is 291 g/mol. The van der Waals surface area contributed by atoms with E-state index in [1.54, 1.807) is 11.3 Å². The molecule has 0 aliphatic rings. The highest BCUT2D eigenvalue weighted by atomic mass is 35.5. The van der Waals surface area contributed by atoms with Gasteiger partial charge in [-0.15, -0.1) is 11.6 Å². The topological polar surface area (TPSA) is 30.7 Å². The Morgan fingerprint density at radius 1 is 1.37 bits per heavy atom. The maximum absolute atomic E-state index is 5.88. The molecule has 0 bridgehead atoms. The molecule has 19 heavy (non-hydrogen) atoms. The summed E-state index contributed by atoms with van der Waals surface area (Å²) in [4.78, 5) is 8.77. The van der Waals surface area contributed by atoms with Gasteiger partial charge in [0.25, 0.3) is 0 Å². The number of hydrogen-bond donors (Lipinski definition) is 0. The van der Waals surface area contributed by atoms with Crippen LogP contribution in [0.3, 0.4) is 0 Å². The molecule has 0 radical (unpaired) electrons. The zero-order valence-corrected chi connectivity index (χ0v) is 12.2. The second-order valence-electron chi connectivity index (χ2n) is 4.50. The van der Waals surface area contributed by atoms with Crippen LogP contribution in [-0.4, -0.2) is 20.4 Å². The highest BCUT2D eigenvalue weighted by molar-refractivity contribution is 7.08. The van der Waals surface area contributed by atoms with Crippen LogP contribution >= 0.6 is 22.9 Å². The van der Waals surface area contributed by atoms with E-state index in [1.807, 2.05) is 18.5 Å². The number of thiophene rings is 1. The first-order valence-corrected chi connectivity index (χ1v) is 7.64. The van der Waals surface area contributed by atoms with Gasteiger partial charge in [-0.3, -0.25) is 4.98 Å². The van der Waals surface area contributed by atoms with Crippen molar-refractivity contribution in [1.82, 2.24) is 14.5 Å². The number of halogens is 1. The van der Waals surface area contributed by atoms with E-state index in [0.29, 0.717) is 5.88 Å². The van der Waals surface area contributed by atoms with E-state index in [9.17, 15) is 0 Å². The van der Waals surface area contributed by atoms with Gasteiger partial charge < -0.3 is 4.57 Å². The van der Waals surface area contributed by atoms with Gasteiger partial charge in [0.1, 0.15) is 11.3 Å². The zero-order chi connectivity index (χ0) is 13.2. The number of nitrogens with zero attached hydrogens (tertiary/aromatic N) is 3. The first-order chi connectivity index (χ1) is 9.29. The molecule has 5 heteroatoms. The fourth-order valence-electron chi connectivity index (χ4n) is 2.20. The van der Waals surface area contributed by atoms with Crippen LogP contribution in [0, 0.1) is 6.92 Å². The van der Waals surface area contributed by atoms with Crippen molar-refractivity contribution in [2.75, 3.05) is 5.88 Å². The number of imidazole rings is 1. The summed E-state index contributed by atoms with van der Waals surface area (Å²) in [6.45, 7) is 3.00. The third-order valence-corrected chi connectivity index (χ3v) is 4.34. The van der Waals surface area contributed by atoms with Crippen molar-refractivity contribution in [1.29, 1.82) is 0 Å². The third-order valence-electron chi connectivity index (χ3n) is 3.24. The normalized spacial score (nSPS) is 11.3. The highest BCUT2D eigenvalue weighted by Gasteiger charge is 2.11. The minimum absolute atomic E-state index is 0.583. The predicted molar refractivity (Wildman–Crippen MR) is 80.1 cm³/mol. The Morgan fingerprint density at radius 3 is 3.00 bits per heavy atom. The van der Waals surface area contributed by atoms with Gasteiger partial charge in [0.15, 0.2) is 0 Å². The average Bonchev–Trinajstić information content (AvgIpc) is 2.96. The summed E-state index contributed by atoms with van der Waals surface area (Å²) in [5.41, 5.74) is 4.74. The van der Waals surface area contributed by atoms with Gasteiger partial charge in [-0.2, -0.15) is 11.3 Å². The molecule has 98 valence electrons. The standard InChI is InChI=1S/C14H14ClN3S/c1-10-8-19-9-11(10)7-18-13-3-5-16-6-12(13)17-14(18)2-4-15/h3,5-6,8-9H,2,4,7H2,1H3. The zero-order valence-electron chi connectivity index (χ0n) is 10.6. The Hall–Kier alpha value is -1.39. The van der Waals surface area contributed by atoms with Gasteiger partial charge in [-0.05, 0) is 34.9 Å². The second-order valence-corrected chi connectivity index (χ2v) is 5.62. The molecule has 3 aromatic rings. The van der Waals surface area contributed by atoms with Crippen molar-refractivity contribution < 1.29 is 0 Å². The summed E-state index contributed by atoms with van der Waals surface area (Å²) in [5, 5.41) is 4.38. The van der Waals surface area contributed by atoms with Gasteiger partial charge in [0, 0.05) is 18.5 Å². The maximum atomic E-state index is 5.88. The van der Waals surface area contributed by atoms with Crippen molar-refractivity contribution in [2.45, 2.75) is 19.9 Å². The Labute approximate surface area is 120 Å². The smallest absolute Gasteiger partial charge is 0.111 e. The SMILES string of the molecule is Cc1cscc1Cn1c(CCCl)nc2cnccc21. The summed E-state index contributed by atoms with van der Waals surface area (Å²) in [5.74, 6) is 1.61. The first-order valence-electron chi connectivity index (χ1n) is 6.16. The molecule has 0 unspecified atom stereocenters. The number of fused-ring (bicyclic) bond motifs is 1. The van der Waals surface area contributed by atoms with Gasteiger partial charge in [0.2, 0.25) is 0 Å². The van der Waals surface area contributed by atoms with Crippen LogP contribution < -0.4 is 0 Å². The van der Waals surface area contributed by atoms with Gasteiger partial charge in [-0.1, -0.05) is 0 Å². The molecule has 0 fully saturated rings. The lowest BCUT2D eigenvalue weighted by atomic mass is 10.2. The number of aromatic nitrogens is 3. The number of alkyl halides is 1. The molecular weight excluding hydrogens is 278 g/mol. The lowest BCUT2D eigenvalue weighted by Gasteiger charge is -2.08. The van der Waals surface area contributed by atoms with Gasteiger partial charge >= 0.3 is 0 Å². The molecule has 0 atom stereocenters. The van der Waals surface area contributed by atoms with Crippen LogP contribution in [-0.2, 0) is 13.0 Å². The predicted octanol–water partition coefficient (Wildman–Crippen LogP) is 3.63. The molecule has 0 saturated carbocycles. The van der Waals surface area contributed by atoms with Crippen molar-refractivity contribution in [3.05, 3.63) is 46.2 Å². The van der Waals surface area contributed by atoms with Crippen LogP contribution in [0.5, 0.6) is 0 Å². The van der Waals surface area contributed by atoms with Gasteiger partial charge in [-0.25, -0.2) is 4.98 Å². The van der Waals surface area contributed by atoms with E-state index in [0.717, 1.165) is 29.8 Å². The molecule has 3 aromatic heterocycles. The molecule has 0 spiro atoms. The highest BCUT2D eigenvalue weighted by Crippen LogP contribution is 2.21. The number of pyridine rings is 1. The molecule has 0 N–H and O–H groups in total. The Balaban J connectivity index is 2.09. The van der Waals surface area contributed by atoms with Crippen LogP contribution in [0.15, 0.2) is 29.2 Å². The van der Waals surface area contributed by atoms with Crippen LogP contribution in [0.25, 0.3) is 11.0 Å². The molecule has 0 saturated heterocycles. The molecule has 3 heterocycles. The molecule has 0 aliphatic carbocycles. The lowest BCUT2D eigenvalue weighted by molar-refractivity contribution is 0.753. The van der Waals surface area contributed by atoms with E-state index < -0.39 is 0 Å². The van der Waals surface area contributed by atoms with Crippen molar-refractivity contribution in [3.63, 3.8) is 0 Å². The van der Waals surface area contributed by atoms with Gasteiger partial charge in [0.05, 0.1) is 18.3 Å². The van der Waals surface area contributed by atoms with E-state index in [4.69, 9.17) is 11.6 Å². The van der Waals surface area contributed by atoms with E-state index in [-0.39, 0.29) is 0 Å². The van der Waals surface area contributed by atoms with Crippen LogP contribution in [0.4, 0.5) is 0 Å². The summed E-state index contributed by atoms with van der Waals surface area (Å²) in [7, 11) is 0. The quantitative estimate of drug-likeness (QED) is 0.687. The summed E-state index contributed by atoms with van der Waals surface area (Å²) in [6.07, 6.45) is 4.40.